The Morgan fingerprint density at radius 1 is 1.31 bits per heavy atom. The molecule has 5 nitrogen and oxygen atoms in total. The summed E-state index contributed by atoms with van der Waals surface area (Å²) >= 11 is 3.47. The molecule has 1 aliphatic rings. The number of aromatic nitrogens is 1. The van der Waals surface area contributed by atoms with E-state index >= 15 is 0 Å². The normalized spacial score (nSPS) is 15.3. The number of hydrogen-bond donors (Lipinski definition) is 1. The van der Waals surface area contributed by atoms with E-state index in [1.165, 1.54) is 0 Å². The molecule has 1 amide bonds. The van der Waals surface area contributed by atoms with Crippen molar-refractivity contribution in [1.82, 2.24) is 4.57 Å². The molecule has 4 rings (SSSR count). The lowest BCUT2D eigenvalue weighted by molar-refractivity contribution is 0.102. The molecule has 1 aromatic heterocycles. The van der Waals surface area contributed by atoms with E-state index in [9.17, 15) is 9.59 Å². The average molecular weight is 413 g/mol. The van der Waals surface area contributed by atoms with Gasteiger partial charge in [0.25, 0.3) is 5.91 Å². The Morgan fingerprint density at radius 3 is 2.88 bits per heavy atom. The second-order valence-electron chi connectivity index (χ2n) is 6.48. The van der Waals surface area contributed by atoms with E-state index in [2.05, 4.69) is 28.2 Å². The zero-order chi connectivity index (χ0) is 18.4. The molecule has 0 bridgehead atoms. The van der Waals surface area contributed by atoms with Crippen LogP contribution in [0.25, 0.3) is 10.9 Å². The monoisotopic (exact) mass is 412 g/mol. The second-order valence-corrected chi connectivity index (χ2v) is 7.40. The number of hydrogen-bond acceptors (Lipinski definition) is 3. The lowest BCUT2D eigenvalue weighted by Crippen LogP contribution is -2.23. The Balaban J connectivity index is 1.81. The van der Waals surface area contributed by atoms with E-state index in [4.69, 9.17) is 4.74 Å². The molecular weight excluding hydrogens is 396 g/mol. The fourth-order valence-electron chi connectivity index (χ4n) is 3.52. The van der Waals surface area contributed by atoms with E-state index in [1.807, 2.05) is 10.6 Å². The van der Waals surface area contributed by atoms with Crippen molar-refractivity contribution in [3.8, 4) is 5.75 Å². The quantitative estimate of drug-likeness (QED) is 0.702. The van der Waals surface area contributed by atoms with Crippen molar-refractivity contribution >= 4 is 38.4 Å². The summed E-state index contributed by atoms with van der Waals surface area (Å²) in [7, 11) is 1.56. The number of benzene rings is 2. The molecule has 3 aromatic rings. The largest absolute Gasteiger partial charge is 0.497 e. The lowest BCUT2D eigenvalue weighted by Gasteiger charge is -2.13. The first-order chi connectivity index (χ1) is 12.5. The van der Waals surface area contributed by atoms with Gasteiger partial charge in [0.05, 0.1) is 12.6 Å². The molecule has 1 N–H and O–H groups in total. The van der Waals surface area contributed by atoms with E-state index in [1.54, 1.807) is 43.6 Å². The third kappa shape index (κ3) is 2.70. The van der Waals surface area contributed by atoms with Crippen LogP contribution in [0.4, 0.5) is 5.69 Å². The van der Waals surface area contributed by atoms with E-state index in [0.717, 1.165) is 22.0 Å². The summed E-state index contributed by atoms with van der Waals surface area (Å²) in [6.45, 7) is 2.08. The third-order valence-electron chi connectivity index (χ3n) is 4.73. The molecule has 0 saturated heterocycles. The molecule has 0 saturated carbocycles. The van der Waals surface area contributed by atoms with E-state index in [-0.39, 0.29) is 17.0 Å². The van der Waals surface area contributed by atoms with E-state index < -0.39 is 5.91 Å². The molecule has 0 radical (unpaired) electrons. The fourth-order valence-corrected chi connectivity index (χ4v) is 4.03. The van der Waals surface area contributed by atoms with Crippen LogP contribution in [0.15, 0.2) is 51.9 Å². The summed E-state index contributed by atoms with van der Waals surface area (Å²) < 4.78 is 8.05. The van der Waals surface area contributed by atoms with Gasteiger partial charge in [-0.1, -0.05) is 22.0 Å². The first-order valence-electron chi connectivity index (χ1n) is 8.30. The van der Waals surface area contributed by atoms with E-state index in [0.29, 0.717) is 16.8 Å². The van der Waals surface area contributed by atoms with Gasteiger partial charge in [-0.15, -0.1) is 0 Å². The molecule has 1 aliphatic heterocycles. The Labute approximate surface area is 158 Å². The Hall–Kier alpha value is -2.60. The number of rotatable bonds is 3. The summed E-state index contributed by atoms with van der Waals surface area (Å²) in [5, 5.41) is 3.36. The Morgan fingerprint density at radius 2 is 2.12 bits per heavy atom. The van der Waals surface area contributed by atoms with Crippen molar-refractivity contribution in [2.24, 2.45) is 0 Å². The minimum Gasteiger partial charge on any atom is -0.497 e. The van der Waals surface area contributed by atoms with Gasteiger partial charge in [0, 0.05) is 33.9 Å². The molecule has 6 heteroatoms. The summed E-state index contributed by atoms with van der Waals surface area (Å²) in [6, 6.07) is 11.1. The number of carbonyl (C=O) groups excluding carboxylic acids is 1. The van der Waals surface area contributed by atoms with Crippen LogP contribution in [-0.4, -0.2) is 17.6 Å². The number of nitrogens with zero attached hydrogens (tertiary/aromatic N) is 1. The molecule has 0 spiro atoms. The molecule has 1 unspecified atom stereocenters. The molecular formula is C20H17BrN2O3. The third-order valence-corrected chi connectivity index (χ3v) is 5.19. The Kier molecular flexibility index (Phi) is 4.07. The topological polar surface area (TPSA) is 60.3 Å². The van der Waals surface area contributed by atoms with Gasteiger partial charge in [-0.05, 0) is 43.2 Å². The maximum Gasteiger partial charge on any atom is 0.261 e. The van der Waals surface area contributed by atoms with Crippen molar-refractivity contribution in [1.29, 1.82) is 0 Å². The lowest BCUT2D eigenvalue weighted by atomic mass is 10.1. The molecule has 2 heterocycles. The van der Waals surface area contributed by atoms with Crippen LogP contribution < -0.4 is 15.5 Å². The van der Waals surface area contributed by atoms with Crippen LogP contribution in [0.2, 0.25) is 0 Å². The molecule has 132 valence electrons. The minimum absolute atomic E-state index is 0.137. The molecule has 26 heavy (non-hydrogen) atoms. The number of anilines is 1. The zero-order valence-corrected chi connectivity index (χ0v) is 16.0. The summed E-state index contributed by atoms with van der Waals surface area (Å²) in [5.74, 6) is 0.216. The highest BCUT2D eigenvalue weighted by Crippen LogP contribution is 2.33. The van der Waals surface area contributed by atoms with Gasteiger partial charge < -0.3 is 14.6 Å². The van der Waals surface area contributed by atoms with Crippen molar-refractivity contribution in [3.05, 3.63) is 68.4 Å². The van der Waals surface area contributed by atoms with Crippen LogP contribution in [0.1, 0.15) is 28.9 Å². The van der Waals surface area contributed by atoms with Crippen molar-refractivity contribution < 1.29 is 9.53 Å². The number of halogens is 1. The molecule has 2 aromatic carbocycles. The molecule has 1 atom stereocenters. The van der Waals surface area contributed by atoms with Gasteiger partial charge in [0.2, 0.25) is 5.43 Å². The molecule has 0 aliphatic carbocycles. The minimum atomic E-state index is -0.422. The maximum absolute atomic E-state index is 13.0. The first kappa shape index (κ1) is 16.8. The first-order valence-corrected chi connectivity index (χ1v) is 9.10. The number of methoxy groups -OCH3 is 1. The summed E-state index contributed by atoms with van der Waals surface area (Å²) in [6.07, 6.45) is 2.52. The highest BCUT2D eigenvalue weighted by molar-refractivity contribution is 9.10. The van der Waals surface area contributed by atoms with Crippen molar-refractivity contribution in [2.45, 2.75) is 19.4 Å². The van der Waals surface area contributed by atoms with Crippen LogP contribution in [-0.2, 0) is 6.42 Å². The fraction of sp³-hybridized carbons (Fsp3) is 0.200. The zero-order valence-electron chi connectivity index (χ0n) is 14.4. The van der Waals surface area contributed by atoms with Crippen LogP contribution in [0.5, 0.6) is 5.75 Å². The predicted octanol–water partition coefficient (Wildman–Crippen LogP) is 4.14. The second kappa shape index (κ2) is 6.29. The number of ether oxygens (including phenoxy) is 1. The maximum atomic E-state index is 13.0. The standard InChI is InChI=1S/C20H17BrN2O3/c1-11-6-12-7-13(21)8-16-18(12)23(11)10-17(19(16)24)20(25)22-14-4-3-5-15(9-14)26-2/h3-5,7-11H,6H2,1-2H3,(H,22,25). The number of pyridine rings is 1. The van der Waals surface area contributed by atoms with Gasteiger partial charge >= 0.3 is 0 Å². The number of amides is 1. The predicted molar refractivity (Wildman–Crippen MR) is 105 cm³/mol. The SMILES string of the molecule is COc1cccc(NC(=O)c2cn3c4c(cc(Br)cc4c2=O)CC3C)c1. The highest BCUT2D eigenvalue weighted by Gasteiger charge is 2.25. The number of nitrogens with one attached hydrogen (secondary N) is 1. The smallest absolute Gasteiger partial charge is 0.261 e. The highest BCUT2D eigenvalue weighted by atomic mass is 79.9. The number of carbonyl (C=O) groups is 1. The van der Waals surface area contributed by atoms with Gasteiger partial charge in [-0.2, -0.15) is 0 Å². The van der Waals surface area contributed by atoms with Crippen molar-refractivity contribution in [2.75, 3.05) is 12.4 Å². The van der Waals surface area contributed by atoms with Crippen LogP contribution >= 0.6 is 15.9 Å². The summed E-state index contributed by atoms with van der Waals surface area (Å²) in [4.78, 5) is 25.7. The molecule has 0 fully saturated rings. The van der Waals surface area contributed by atoms with Gasteiger partial charge in [-0.3, -0.25) is 9.59 Å². The van der Waals surface area contributed by atoms with Gasteiger partial charge in [0.15, 0.2) is 0 Å². The van der Waals surface area contributed by atoms with Gasteiger partial charge in [-0.25, -0.2) is 0 Å². The summed E-state index contributed by atoms with van der Waals surface area (Å²) in [5.41, 5.74) is 2.51. The van der Waals surface area contributed by atoms with Crippen LogP contribution in [0.3, 0.4) is 0 Å². The van der Waals surface area contributed by atoms with Crippen molar-refractivity contribution in [3.63, 3.8) is 0 Å². The van der Waals surface area contributed by atoms with Gasteiger partial charge in [0.1, 0.15) is 11.3 Å². The Bertz CT molecular complexity index is 1100. The average Bonchev–Trinajstić information content (AvgIpc) is 2.93. The van der Waals surface area contributed by atoms with Crippen LogP contribution in [0, 0.1) is 0 Å².